The maximum Gasteiger partial charge on any atom is 0.213 e. The topological polar surface area (TPSA) is 34.9 Å². The van der Waals surface area contributed by atoms with Gasteiger partial charge in [0, 0.05) is 15.2 Å². The van der Waals surface area contributed by atoms with Gasteiger partial charge in [-0.25, -0.2) is 0 Å². The van der Waals surface area contributed by atoms with Gasteiger partial charge in [0.1, 0.15) is 5.69 Å². The van der Waals surface area contributed by atoms with E-state index in [1.54, 1.807) is 4.68 Å². The van der Waals surface area contributed by atoms with Crippen molar-refractivity contribution >= 4 is 40.0 Å². The van der Waals surface area contributed by atoms with E-state index in [9.17, 15) is 4.79 Å². The Morgan fingerprint density at radius 2 is 2.11 bits per heavy atom. The molecular formula is C14H14ClIN2O. The molecule has 0 saturated heterocycles. The molecule has 2 aromatic rings. The normalized spacial score (nSPS) is 11.1. The Bertz CT molecular complexity index is 634. The van der Waals surface area contributed by atoms with Crippen LogP contribution < -0.4 is 0 Å². The van der Waals surface area contributed by atoms with Crippen LogP contribution in [0, 0.1) is 10.5 Å². The smallest absolute Gasteiger partial charge is 0.213 e. The minimum atomic E-state index is -0.0794. The molecular weight excluding hydrogens is 375 g/mol. The van der Waals surface area contributed by atoms with E-state index in [4.69, 9.17) is 11.6 Å². The highest BCUT2D eigenvalue weighted by Gasteiger charge is 2.22. The van der Waals surface area contributed by atoms with Gasteiger partial charge in [-0.2, -0.15) is 5.10 Å². The van der Waals surface area contributed by atoms with Crippen molar-refractivity contribution in [2.45, 2.75) is 26.8 Å². The molecule has 1 heterocycles. The van der Waals surface area contributed by atoms with Crippen molar-refractivity contribution in [1.29, 1.82) is 0 Å². The van der Waals surface area contributed by atoms with Crippen LogP contribution in [-0.2, 0) is 0 Å². The van der Waals surface area contributed by atoms with Crippen LogP contribution in [0.15, 0.2) is 24.4 Å². The Labute approximate surface area is 131 Å². The van der Waals surface area contributed by atoms with Gasteiger partial charge < -0.3 is 0 Å². The van der Waals surface area contributed by atoms with E-state index in [2.05, 4.69) is 27.7 Å². The van der Waals surface area contributed by atoms with Crippen molar-refractivity contribution in [3.63, 3.8) is 0 Å². The first-order valence-electron chi connectivity index (χ1n) is 5.96. The fourth-order valence-electron chi connectivity index (χ4n) is 1.90. The summed E-state index contributed by atoms with van der Waals surface area (Å²) in [4.78, 5) is 12.7. The zero-order chi connectivity index (χ0) is 14.2. The SMILES string of the molecule is Cc1cccc(C(=O)c2c(Cl)cnn2C(C)C)c1I. The number of benzene rings is 1. The van der Waals surface area contributed by atoms with Crippen LogP contribution in [0.1, 0.15) is 41.5 Å². The lowest BCUT2D eigenvalue weighted by molar-refractivity contribution is 0.102. The van der Waals surface area contributed by atoms with Crippen molar-refractivity contribution in [3.8, 4) is 0 Å². The molecule has 0 saturated carbocycles. The van der Waals surface area contributed by atoms with Gasteiger partial charge in [0.05, 0.1) is 11.2 Å². The summed E-state index contributed by atoms with van der Waals surface area (Å²) in [5, 5.41) is 4.57. The summed E-state index contributed by atoms with van der Waals surface area (Å²) in [5.41, 5.74) is 2.21. The van der Waals surface area contributed by atoms with Crippen LogP contribution >= 0.6 is 34.2 Å². The van der Waals surface area contributed by atoms with E-state index < -0.39 is 0 Å². The maximum absolute atomic E-state index is 12.7. The summed E-state index contributed by atoms with van der Waals surface area (Å²) in [5.74, 6) is -0.0794. The summed E-state index contributed by atoms with van der Waals surface area (Å²) in [6.45, 7) is 5.93. The van der Waals surface area contributed by atoms with Gasteiger partial charge in [0.15, 0.2) is 0 Å². The van der Waals surface area contributed by atoms with E-state index in [-0.39, 0.29) is 11.8 Å². The Balaban J connectivity index is 2.56. The number of halogens is 2. The third-order valence-corrected chi connectivity index (χ3v) is 4.60. The fourth-order valence-corrected chi connectivity index (χ4v) is 2.72. The number of hydrogen-bond donors (Lipinski definition) is 0. The molecule has 3 nitrogen and oxygen atoms in total. The van der Waals surface area contributed by atoms with Crippen molar-refractivity contribution in [1.82, 2.24) is 9.78 Å². The van der Waals surface area contributed by atoms with Gasteiger partial charge in [-0.1, -0.05) is 23.7 Å². The molecule has 0 atom stereocenters. The maximum atomic E-state index is 12.7. The van der Waals surface area contributed by atoms with Gasteiger partial charge >= 0.3 is 0 Å². The number of rotatable bonds is 3. The van der Waals surface area contributed by atoms with Gasteiger partial charge in [-0.3, -0.25) is 9.48 Å². The van der Waals surface area contributed by atoms with Crippen LogP contribution in [0.2, 0.25) is 5.02 Å². The molecule has 0 N–H and O–H groups in total. The predicted octanol–water partition coefficient (Wildman–Crippen LogP) is 4.26. The largest absolute Gasteiger partial charge is 0.287 e. The van der Waals surface area contributed by atoms with Crippen molar-refractivity contribution in [2.75, 3.05) is 0 Å². The first-order valence-corrected chi connectivity index (χ1v) is 7.42. The Hall–Kier alpha value is -0.880. The second-order valence-corrected chi connectivity index (χ2v) is 6.13. The Kier molecular flexibility index (Phi) is 4.30. The molecule has 0 unspecified atom stereocenters. The molecule has 0 bridgehead atoms. The Morgan fingerprint density at radius 1 is 1.42 bits per heavy atom. The molecule has 1 aromatic heterocycles. The second kappa shape index (κ2) is 5.63. The minimum absolute atomic E-state index is 0.0794. The number of aryl methyl sites for hydroxylation is 1. The fraction of sp³-hybridized carbons (Fsp3) is 0.286. The van der Waals surface area contributed by atoms with Crippen LogP contribution in [0.3, 0.4) is 0 Å². The van der Waals surface area contributed by atoms with Crippen LogP contribution in [0.5, 0.6) is 0 Å². The number of aromatic nitrogens is 2. The molecule has 0 radical (unpaired) electrons. The van der Waals surface area contributed by atoms with Crippen molar-refractivity contribution in [2.24, 2.45) is 0 Å². The molecule has 1 aromatic carbocycles. The van der Waals surface area contributed by atoms with Gasteiger partial charge in [0.2, 0.25) is 5.78 Å². The minimum Gasteiger partial charge on any atom is -0.287 e. The monoisotopic (exact) mass is 388 g/mol. The molecule has 19 heavy (non-hydrogen) atoms. The quantitative estimate of drug-likeness (QED) is 0.582. The van der Waals surface area contributed by atoms with E-state index in [0.717, 1.165) is 9.13 Å². The lowest BCUT2D eigenvalue weighted by Crippen LogP contribution is -2.15. The second-order valence-electron chi connectivity index (χ2n) is 4.65. The molecule has 0 aliphatic heterocycles. The molecule has 0 aliphatic carbocycles. The zero-order valence-corrected chi connectivity index (χ0v) is 13.9. The number of carbonyl (C=O) groups is 1. The van der Waals surface area contributed by atoms with Crippen molar-refractivity contribution in [3.05, 3.63) is 49.8 Å². The van der Waals surface area contributed by atoms with E-state index in [1.807, 2.05) is 39.0 Å². The van der Waals surface area contributed by atoms with Crippen LogP contribution in [-0.4, -0.2) is 15.6 Å². The first kappa shape index (κ1) is 14.5. The van der Waals surface area contributed by atoms with E-state index in [1.165, 1.54) is 6.20 Å². The summed E-state index contributed by atoms with van der Waals surface area (Å²) < 4.78 is 2.63. The van der Waals surface area contributed by atoms with Crippen LogP contribution in [0.4, 0.5) is 0 Å². The third-order valence-electron chi connectivity index (χ3n) is 2.89. The van der Waals surface area contributed by atoms with Gasteiger partial charge in [0.25, 0.3) is 0 Å². The lowest BCUT2D eigenvalue weighted by Gasteiger charge is -2.12. The van der Waals surface area contributed by atoms with Crippen molar-refractivity contribution < 1.29 is 4.79 Å². The molecule has 0 spiro atoms. The van der Waals surface area contributed by atoms with Gasteiger partial charge in [-0.05, 0) is 55.0 Å². The van der Waals surface area contributed by atoms with E-state index in [0.29, 0.717) is 16.3 Å². The highest BCUT2D eigenvalue weighted by Crippen LogP contribution is 2.25. The summed E-state index contributed by atoms with van der Waals surface area (Å²) in [7, 11) is 0. The number of hydrogen-bond acceptors (Lipinski definition) is 2. The predicted molar refractivity (Wildman–Crippen MR) is 85.0 cm³/mol. The highest BCUT2D eigenvalue weighted by molar-refractivity contribution is 14.1. The molecule has 0 aliphatic rings. The zero-order valence-electron chi connectivity index (χ0n) is 10.9. The number of carbonyl (C=O) groups excluding carboxylic acids is 1. The van der Waals surface area contributed by atoms with Gasteiger partial charge in [-0.15, -0.1) is 0 Å². The number of ketones is 1. The molecule has 100 valence electrons. The lowest BCUT2D eigenvalue weighted by atomic mass is 10.1. The molecule has 5 heteroatoms. The highest BCUT2D eigenvalue weighted by atomic mass is 127. The Morgan fingerprint density at radius 3 is 2.74 bits per heavy atom. The molecule has 0 fully saturated rings. The summed E-state index contributed by atoms with van der Waals surface area (Å²) in [6, 6.07) is 5.79. The standard InChI is InChI=1S/C14H14ClIN2O/c1-8(2)18-13(11(15)7-17-18)14(19)10-6-4-5-9(3)12(10)16/h4-8H,1-3H3. The average Bonchev–Trinajstić information content (AvgIpc) is 2.74. The molecule has 2 rings (SSSR count). The first-order chi connectivity index (χ1) is 8.93. The summed E-state index contributed by atoms with van der Waals surface area (Å²) >= 11 is 8.31. The summed E-state index contributed by atoms with van der Waals surface area (Å²) in [6.07, 6.45) is 1.53. The third kappa shape index (κ3) is 2.69. The van der Waals surface area contributed by atoms with Crippen LogP contribution in [0.25, 0.3) is 0 Å². The number of nitrogens with zero attached hydrogens (tertiary/aromatic N) is 2. The molecule has 0 amide bonds. The van der Waals surface area contributed by atoms with E-state index >= 15 is 0 Å². The average molecular weight is 389 g/mol.